The van der Waals surface area contributed by atoms with Gasteiger partial charge in [0.25, 0.3) is 0 Å². The zero-order valence-corrected chi connectivity index (χ0v) is 10.8. The number of thiazole rings is 1. The Morgan fingerprint density at radius 3 is 2.75 bits per heavy atom. The Morgan fingerprint density at radius 1 is 1.56 bits per heavy atom. The maximum atomic E-state index is 11.3. The van der Waals surface area contributed by atoms with Crippen LogP contribution in [0.1, 0.15) is 42.4 Å². The molecule has 90 valence electrons. The van der Waals surface area contributed by atoms with Gasteiger partial charge in [-0.25, -0.2) is 9.78 Å². The molecule has 5 heteroatoms. The Hall–Kier alpha value is -0.940. The molecule has 0 radical (unpaired) electrons. The van der Waals surface area contributed by atoms with Crippen molar-refractivity contribution < 1.29 is 14.3 Å². The highest BCUT2D eigenvalue weighted by Gasteiger charge is 2.21. The van der Waals surface area contributed by atoms with E-state index < -0.39 is 5.97 Å². The van der Waals surface area contributed by atoms with E-state index in [1.807, 2.05) is 6.92 Å². The lowest BCUT2D eigenvalue weighted by atomic mass is 10.1. The predicted octanol–water partition coefficient (Wildman–Crippen LogP) is 2.66. The first-order valence-corrected chi connectivity index (χ1v) is 6.13. The molecule has 4 nitrogen and oxygen atoms in total. The van der Waals surface area contributed by atoms with Gasteiger partial charge in [0.15, 0.2) is 5.69 Å². The van der Waals surface area contributed by atoms with Gasteiger partial charge in [-0.15, -0.1) is 11.3 Å². The SMILES string of the molecule is CCOC(c1nc(C(=O)OC)cs1)C(C)C. The number of hydrogen-bond acceptors (Lipinski definition) is 5. The first-order valence-electron chi connectivity index (χ1n) is 5.25. The van der Waals surface area contributed by atoms with Gasteiger partial charge >= 0.3 is 5.97 Å². The van der Waals surface area contributed by atoms with Crippen molar-refractivity contribution in [3.8, 4) is 0 Å². The van der Waals surface area contributed by atoms with E-state index in [2.05, 4.69) is 23.6 Å². The zero-order chi connectivity index (χ0) is 12.1. The second-order valence-electron chi connectivity index (χ2n) is 3.68. The molecule has 1 aromatic rings. The van der Waals surface area contributed by atoms with Gasteiger partial charge in [0, 0.05) is 12.0 Å². The zero-order valence-electron chi connectivity index (χ0n) is 10.0. The van der Waals surface area contributed by atoms with Gasteiger partial charge in [-0.1, -0.05) is 13.8 Å². The van der Waals surface area contributed by atoms with E-state index in [1.165, 1.54) is 18.4 Å². The van der Waals surface area contributed by atoms with Crippen LogP contribution in [0.25, 0.3) is 0 Å². The van der Waals surface area contributed by atoms with Crippen LogP contribution in [0.15, 0.2) is 5.38 Å². The van der Waals surface area contributed by atoms with Crippen LogP contribution in [-0.2, 0) is 9.47 Å². The standard InChI is InChI=1S/C11H17NO3S/c1-5-15-9(7(2)3)10-12-8(6-16-10)11(13)14-4/h6-7,9H,5H2,1-4H3. The molecule has 0 amide bonds. The van der Waals surface area contributed by atoms with Crippen LogP contribution in [0.4, 0.5) is 0 Å². The van der Waals surface area contributed by atoms with Gasteiger partial charge in [-0.05, 0) is 12.8 Å². The van der Waals surface area contributed by atoms with E-state index in [9.17, 15) is 4.79 Å². The van der Waals surface area contributed by atoms with E-state index in [0.717, 1.165) is 5.01 Å². The second kappa shape index (κ2) is 5.96. The number of carbonyl (C=O) groups excluding carboxylic acids is 1. The molecule has 1 atom stereocenters. The van der Waals surface area contributed by atoms with Crippen molar-refractivity contribution in [3.63, 3.8) is 0 Å². The number of ether oxygens (including phenoxy) is 2. The lowest BCUT2D eigenvalue weighted by molar-refractivity contribution is 0.0290. The number of nitrogens with zero attached hydrogens (tertiary/aromatic N) is 1. The van der Waals surface area contributed by atoms with Gasteiger partial charge in [-0.3, -0.25) is 0 Å². The Labute approximate surface area is 99.6 Å². The van der Waals surface area contributed by atoms with Crippen molar-refractivity contribution in [1.29, 1.82) is 0 Å². The summed E-state index contributed by atoms with van der Waals surface area (Å²) in [6.07, 6.45) is -0.0478. The number of carbonyl (C=O) groups is 1. The average molecular weight is 243 g/mol. The van der Waals surface area contributed by atoms with Crippen molar-refractivity contribution >= 4 is 17.3 Å². The minimum absolute atomic E-state index is 0.0478. The lowest BCUT2D eigenvalue weighted by Gasteiger charge is -2.17. The molecule has 0 aliphatic heterocycles. The minimum Gasteiger partial charge on any atom is -0.464 e. The molecule has 0 N–H and O–H groups in total. The van der Waals surface area contributed by atoms with Crippen molar-refractivity contribution in [2.24, 2.45) is 5.92 Å². The summed E-state index contributed by atoms with van der Waals surface area (Å²) in [4.78, 5) is 15.5. The van der Waals surface area contributed by atoms with E-state index in [1.54, 1.807) is 5.38 Å². The van der Waals surface area contributed by atoms with Crippen molar-refractivity contribution in [2.45, 2.75) is 26.9 Å². The third kappa shape index (κ3) is 3.02. The molecule has 1 unspecified atom stereocenters. The fourth-order valence-corrected chi connectivity index (χ4v) is 2.35. The molecule has 0 saturated carbocycles. The van der Waals surface area contributed by atoms with Gasteiger partial charge < -0.3 is 9.47 Å². The summed E-state index contributed by atoms with van der Waals surface area (Å²) in [5.41, 5.74) is 0.354. The molecule has 0 spiro atoms. The molecule has 1 heterocycles. The summed E-state index contributed by atoms with van der Waals surface area (Å²) < 4.78 is 10.2. The van der Waals surface area contributed by atoms with Crippen LogP contribution in [0.5, 0.6) is 0 Å². The third-order valence-electron chi connectivity index (χ3n) is 2.11. The fourth-order valence-electron chi connectivity index (χ4n) is 1.35. The van der Waals surface area contributed by atoms with Crippen molar-refractivity contribution in [1.82, 2.24) is 4.98 Å². The van der Waals surface area contributed by atoms with E-state index in [4.69, 9.17) is 4.74 Å². The molecular formula is C11H17NO3S. The molecule has 0 aliphatic rings. The summed E-state index contributed by atoms with van der Waals surface area (Å²) in [5, 5.41) is 2.53. The van der Waals surface area contributed by atoms with Crippen LogP contribution in [-0.4, -0.2) is 24.7 Å². The van der Waals surface area contributed by atoms with Gasteiger partial charge in [0.2, 0.25) is 0 Å². The number of methoxy groups -OCH3 is 1. The molecule has 0 saturated heterocycles. The molecule has 0 aromatic carbocycles. The topological polar surface area (TPSA) is 48.4 Å². The molecule has 16 heavy (non-hydrogen) atoms. The molecule has 1 rings (SSSR count). The first kappa shape index (κ1) is 13.1. The van der Waals surface area contributed by atoms with Gasteiger partial charge in [0.05, 0.1) is 7.11 Å². The largest absolute Gasteiger partial charge is 0.464 e. The average Bonchev–Trinajstić information content (AvgIpc) is 2.73. The van der Waals surface area contributed by atoms with E-state index >= 15 is 0 Å². The third-order valence-corrected chi connectivity index (χ3v) is 3.02. The highest BCUT2D eigenvalue weighted by atomic mass is 32.1. The highest BCUT2D eigenvalue weighted by molar-refractivity contribution is 7.09. The van der Waals surface area contributed by atoms with Gasteiger partial charge in [0.1, 0.15) is 11.1 Å². The Balaban J connectivity index is 2.85. The Morgan fingerprint density at radius 2 is 2.25 bits per heavy atom. The summed E-state index contributed by atoms with van der Waals surface area (Å²) >= 11 is 1.43. The summed E-state index contributed by atoms with van der Waals surface area (Å²) in [6, 6.07) is 0. The predicted molar refractivity (Wildman–Crippen MR) is 62.7 cm³/mol. The highest BCUT2D eigenvalue weighted by Crippen LogP contribution is 2.28. The van der Waals surface area contributed by atoms with Crippen molar-refractivity contribution in [3.05, 3.63) is 16.1 Å². The minimum atomic E-state index is -0.401. The maximum absolute atomic E-state index is 11.3. The first-order chi connectivity index (χ1) is 7.60. The van der Waals surface area contributed by atoms with Crippen LogP contribution >= 0.6 is 11.3 Å². The quantitative estimate of drug-likeness (QED) is 0.746. The summed E-state index contributed by atoms with van der Waals surface area (Å²) in [5.74, 6) is -0.0712. The summed E-state index contributed by atoms with van der Waals surface area (Å²) in [7, 11) is 1.35. The second-order valence-corrected chi connectivity index (χ2v) is 4.57. The lowest BCUT2D eigenvalue weighted by Crippen LogP contribution is -2.11. The van der Waals surface area contributed by atoms with Crippen molar-refractivity contribution in [2.75, 3.05) is 13.7 Å². The van der Waals surface area contributed by atoms with E-state index in [-0.39, 0.29) is 6.10 Å². The monoisotopic (exact) mass is 243 g/mol. The Bertz CT molecular complexity index is 349. The van der Waals surface area contributed by atoms with Crippen LogP contribution in [0.3, 0.4) is 0 Å². The number of aromatic nitrogens is 1. The summed E-state index contributed by atoms with van der Waals surface area (Å²) in [6.45, 7) is 6.72. The number of hydrogen-bond donors (Lipinski definition) is 0. The molecule has 0 aliphatic carbocycles. The van der Waals surface area contributed by atoms with E-state index in [0.29, 0.717) is 18.2 Å². The molecule has 0 bridgehead atoms. The normalized spacial score (nSPS) is 12.8. The fraction of sp³-hybridized carbons (Fsp3) is 0.636. The molecule has 0 fully saturated rings. The van der Waals surface area contributed by atoms with Crippen LogP contribution in [0, 0.1) is 5.92 Å². The number of rotatable bonds is 5. The number of esters is 1. The maximum Gasteiger partial charge on any atom is 0.357 e. The molecule has 1 aromatic heterocycles. The van der Waals surface area contributed by atoms with Crippen LogP contribution < -0.4 is 0 Å². The smallest absolute Gasteiger partial charge is 0.357 e. The molecular weight excluding hydrogens is 226 g/mol. The Kier molecular flexibility index (Phi) is 4.89. The van der Waals surface area contributed by atoms with Crippen LogP contribution in [0.2, 0.25) is 0 Å². The van der Waals surface area contributed by atoms with Gasteiger partial charge in [-0.2, -0.15) is 0 Å².